The van der Waals surface area contributed by atoms with Gasteiger partial charge in [0, 0.05) is 19.7 Å². The van der Waals surface area contributed by atoms with Crippen molar-refractivity contribution in [3.63, 3.8) is 0 Å². The largest absolute Gasteiger partial charge is 0.379 e. The third-order valence-corrected chi connectivity index (χ3v) is 3.49. The Morgan fingerprint density at radius 1 is 1.42 bits per heavy atom. The molecule has 19 heavy (non-hydrogen) atoms. The first-order valence-electron chi connectivity index (χ1n) is 6.71. The Balaban J connectivity index is 1.91. The van der Waals surface area contributed by atoms with Gasteiger partial charge in [0.25, 0.3) is 0 Å². The summed E-state index contributed by atoms with van der Waals surface area (Å²) in [4.78, 5) is 7.36. The van der Waals surface area contributed by atoms with Crippen LogP contribution in [0.1, 0.15) is 32.8 Å². The lowest BCUT2D eigenvalue weighted by Gasteiger charge is -2.27. The molecular weight excluding hydrogens is 238 g/mol. The van der Waals surface area contributed by atoms with Gasteiger partial charge >= 0.3 is 0 Å². The second kappa shape index (κ2) is 5.72. The van der Waals surface area contributed by atoms with E-state index >= 15 is 0 Å². The molecule has 1 aromatic carbocycles. The molecule has 0 saturated carbocycles. The monoisotopic (exact) mass is 261 g/mol. The average Bonchev–Trinajstić information content (AvgIpc) is 2.83. The number of aromatic amines is 1. The molecule has 0 bridgehead atoms. The Morgan fingerprint density at radius 3 is 2.95 bits per heavy atom. The highest BCUT2D eigenvalue weighted by atomic mass is 16.5. The zero-order valence-electron chi connectivity index (χ0n) is 12.2. The van der Waals surface area contributed by atoms with E-state index in [0.29, 0.717) is 6.04 Å². The predicted molar refractivity (Wildman–Crippen MR) is 78.1 cm³/mol. The standard InChI is InChI=1S/C15H23N3O/c1-11(8-15(2,3)19-4)16-9-12-5-6-13-14(7-12)18-10-17-13/h5-7,10-11,16H,8-9H2,1-4H3,(H,17,18). The van der Waals surface area contributed by atoms with Gasteiger partial charge in [-0.1, -0.05) is 6.07 Å². The summed E-state index contributed by atoms with van der Waals surface area (Å²) < 4.78 is 5.45. The van der Waals surface area contributed by atoms with Crippen molar-refractivity contribution in [3.05, 3.63) is 30.1 Å². The summed E-state index contributed by atoms with van der Waals surface area (Å²) in [6, 6.07) is 6.72. The number of H-pyrrole nitrogens is 1. The number of hydrogen-bond donors (Lipinski definition) is 2. The van der Waals surface area contributed by atoms with Gasteiger partial charge < -0.3 is 15.0 Å². The number of hydrogen-bond acceptors (Lipinski definition) is 3. The summed E-state index contributed by atoms with van der Waals surface area (Å²) in [6.07, 6.45) is 2.71. The van der Waals surface area contributed by atoms with Crippen LogP contribution in [0.25, 0.3) is 11.0 Å². The van der Waals surface area contributed by atoms with Gasteiger partial charge in [0.05, 0.1) is 23.0 Å². The average molecular weight is 261 g/mol. The van der Waals surface area contributed by atoms with Crippen LogP contribution in [0.15, 0.2) is 24.5 Å². The molecule has 0 fully saturated rings. The third-order valence-electron chi connectivity index (χ3n) is 3.49. The fourth-order valence-corrected chi connectivity index (χ4v) is 2.28. The zero-order chi connectivity index (χ0) is 13.9. The molecule has 0 aliphatic heterocycles. The van der Waals surface area contributed by atoms with E-state index in [1.165, 1.54) is 5.56 Å². The van der Waals surface area contributed by atoms with Crippen molar-refractivity contribution in [2.75, 3.05) is 7.11 Å². The molecule has 0 spiro atoms. The SMILES string of the molecule is COC(C)(C)CC(C)NCc1ccc2nc[nH]c2c1. The van der Waals surface area contributed by atoms with E-state index < -0.39 is 0 Å². The number of nitrogens with zero attached hydrogens (tertiary/aromatic N) is 1. The number of ether oxygens (including phenoxy) is 1. The molecule has 0 aliphatic rings. The van der Waals surface area contributed by atoms with Gasteiger partial charge in [-0.3, -0.25) is 0 Å². The minimum absolute atomic E-state index is 0.0836. The Morgan fingerprint density at radius 2 is 2.21 bits per heavy atom. The molecular formula is C15H23N3O. The summed E-state index contributed by atoms with van der Waals surface area (Å²) in [5, 5.41) is 3.53. The van der Waals surface area contributed by atoms with Gasteiger partial charge in [0.1, 0.15) is 0 Å². The number of methoxy groups -OCH3 is 1. The van der Waals surface area contributed by atoms with Crippen molar-refractivity contribution in [2.45, 2.75) is 45.4 Å². The fourth-order valence-electron chi connectivity index (χ4n) is 2.28. The summed E-state index contributed by atoms with van der Waals surface area (Å²) in [5.41, 5.74) is 3.28. The van der Waals surface area contributed by atoms with E-state index in [4.69, 9.17) is 4.74 Å². The molecule has 2 rings (SSSR count). The van der Waals surface area contributed by atoms with E-state index in [0.717, 1.165) is 24.0 Å². The predicted octanol–water partition coefficient (Wildman–Crippen LogP) is 2.86. The highest BCUT2D eigenvalue weighted by Crippen LogP contribution is 2.16. The van der Waals surface area contributed by atoms with Crippen molar-refractivity contribution in [3.8, 4) is 0 Å². The van der Waals surface area contributed by atoms with Gasteiger partial charge in [0.2, 0.25) is 0 Å². The van der Waals surface area contributed by atoms with Gasteiger partial charge in [-0.05, 0) is 44.9 Å². The molecule has 0 radical (unpaired) electrons. The van der Waals surface area contributed by atoms with E-state index in [-0.39, 0.29) is 5.60 Å². The van der Waals surface area contributed by atoms with Gasteiger partial charge in [-0.25, -0.2) is 4.98 Å². The Labute approximate surface area is 114 Å². The van der Waals surface area contributed by atoms with Crippen LogP contribution < -0.4 is 5.32 Å². The minimum Gasteiger partial charge on any atom is -0.379 e. The highest BCUT2D eigenvalue weighted by Gasteiger charge is 2.19. The number of aromatic nitrogens is 2. The number of rotatable bonds is 6. The number of nitrogens with one attached hydrogen (secondary N) is 2. The van der Waals surface area contributed by atoms with Crippen LogP contribution in [-0.4, -0.2) is 28.7 Å². The molecule has 2 aromatic rings. The highest BCUT2D eigenvalue weighted by molar-refractivity contribution is 5.74. The second-order valence-corrected chi connectivity index (χ2v) is 5.70. The number of benzene rings is 1. The molecule has 1 heterocycles. The molecule has 0 aliphatic carbocycles. The first-order valence-corrected chi connectivity index (χ1v) is 6.71. The number of fused-ring (bicyclic) bond motifs is 1. The molecule has 1 atom stereocenters. The lowest BCUT2D eigenvalue weighted by atomic mass is 9.99. The van der Waals surface area contributed by atoms with E-state index in [2.05, 4.69) is 48.2 Å². The second-order valence-electron chi connectivity index (χ2n) is 5.70. The van der Waals surface area contributed by atoms with Crippen LogP contribution in [0.2, 0.25) is 0 Å². The molecule has 4 nitrogen and oxygen atoms in total. The zero-order valence-corrected chi connectivity index (χ0v) is 12.2. The van der Waals surface area contributed by atoms with Crippen molar-refractivity contribution in [1.29, 1.82) is 0 Å². The quantitative estimate of drug-likeness (QED) is 0.840. The Kier molecular flexibility index (Phi) is 4.22. The van der Waals surface area contributed by atoms with Crippen molar-refractivity contribution in [2.24, 2.45) is 0 Å². The summed E-state index contributed by atoms with van der Waals surface area (Å²) in [6.45, 7) is 7.27. The van der Waals surface area contributed by atoms with Crippen LogP contribution in [0.5, 0.6) is 0 Å². The molecule has 1 unspecified atom stereocenters. The maximum atomic E-state index is 5.45. The van der Waals surface area contributed by atoms with Crippen LogP contribution in [0.4, 0.5) is 0 Å². The Hall–Kier alpha value is -1.39. The van der Waals surface area contributed by atoms with Crippen LogP contribution in [0, 0.1) is 0 Å². The minimum atomic E-state index is -0.0836. The molecule has 4 heteroatoms. The van der Waals surface area contributed by atoms with Crippen LogP contribution in [-0.2, 0) is 11.3 Å². The van der Waals surface area contributed by atoms with Gasteiger partial charge in [-0.2, -0.15) is 0 Å². The molecule has 2 N–H and O–H groups in total. The fraction of sp³-hybridized carbons (Fsp3) is 0.533. The maximum absolute atomic E-state index is 5.45. The molecule has 104 valence electrons. The normalized spacial score (nSPS) is 13.9. The summed E-state index contributed by atoms with van der Waals surface area (Å²) in [7, 11) is 1.76. The van der Waals surface area contributed by atoms with E-state index in [1.54, 1.807) is 13.4 Å². The van der Waals surface area contributed by atoms with E-state index in [1.807, 2.05) is 6.07 Å². The van der Waals surface area contributed by atoms with Gasteiger partial charge in [-0.15, -0.1) is 0 Å². The number of imidazole rings is 1. The van der Waals surface area contributed by atoms with Crippen molar-refractivity contribution in [1.82, 2.24) is 15.3 Å². The van der Waals surface area contributed by atoms with E-state index in [9.17, 15) is 0 Å². The van der Waals surface area contributed by atoms with Crippen molar-refractivity contribution < 1.29 is 4.74 Å². The maximum Gasteiger partial charge on any atom is 0.0931 e. The topological polar surface area (TPSA) is 49.9 Å². The van der Waals surface area contributed by atoms with Gasteiger partial charge in [0.15, 0.2) is 0 Å². The summed E-state index contributed by atoms with van der Waals surface area (Å²) in [5.74, 6) is 0. The third kappa shape index (κ3) is 3.78. The summed E-state index contributed by atoms with van der Waals surface area (Å²) >= 11 is 0. The molecule has 1 aromatic heterocycles. The smallest absolute Gasteiger partial charge is 0.0931 e. The first-order chi connectivity index (χ1) is 9.00. The molecule has 0 amide bonds. The van der Waals surface area contributed by atoms with Crippen LogP contribution >= 0.6 is 0 Å². The van der Waals surface area contributed by atoms with Crippen LogP contribution in [0.3, 0.4) is 0 Å². The lowest BCUT2D eigenvalue weighted by Crippen LogP contribution is -2.35. The lowest BCUT2D eigenvalue weighted by molar-refractivity contribution is 0.00844. The molecule has 0 saturated heterocycles. The Bertz CT molecular complexity index is 533. The van der Waals surface area contributed by atoms with Crippen molar-refractivity contribution >= 4 is 11.0 Å². The first kappa shape index (κ1) is 14.0.